The summed E-state index contributed by atoms with van der Waals surface area (Å²) in [5.41, 5.74) is 1.81. The van der Waals surface area contributed by atoms with Gasteiger partial charge in [-0.1, -0.05) is 26.0 Å². The number of aliphatic hydroxyl groups excluding tert-OH is 1. The smallest absolute Gasteiger partial charge is 0.246 e. The third kappa shape index (κ3) is 2.07. The Hall–Kier alpha value is -2.34. The number of carbonyl (C=O) groups excluding carboxylic acids is 1. The summed E-state index contributed by atoms with van der Waals surface area (Å²) in [6, 6.07) is 8.41. The number of nitrogens with zero attached hydrogens (tertiary/aromatic N) is 2. The van der Waals surface area contributed by atoms with Gasteiger partial charge >= 0.3 is 0 Å². The Labute approximate surface area is 145 Å². The molecule has 0 radical (unpaired) electrons. The van der Waals surface area contributed by atoms with Crippen molar-refractivity contribution in [2.75, 3.05) is 6.61 Å². The van der Waals surface area contributed by atoms with E-state index in [1.807, 2.05) is 6.07 Å². The molecular formula is C19H20FN3O2. The van der Waals surface area contributed by atoms with E-state index in [0.717, 1.165) is 24.1 Å². The van der Waals surface area contributed by atoms with Crippen LogP contribution >= 0.6 is 0 Å². The fraction of sp³-hybridized carbons (Fsp3) is 0.421. The predicted molar refractivity (Wildman–Crippen MR) is 90.1 cm³/mol. The van der Waals surface area contributed by atoms with Crippen molar-refractivity contribution in [3.63, 3.8) is 0 Å². The molecule has 2 N–H and O–H groups in total. The van der Waals surface area contributed by atoms with Gasteiger partial charge in [0.25, 0.3) is 0 Å². The zero-order valence-electron chi connectivity index (χ0n) is 14.2. The van der Waals surface area contributed by atoms with Gasteiger partial charge in [0.05, 0.1) is 16.9 Å². The molecule has 2 aromatic rings. The lowest BCUT2D eigenvalue weighted by Gasteiger charge is -2.38. The minimum Gasteiger partial charge on any atom is -0.387 e. The molecular weight excluding hydrogens is 321 g/mol. The number of amides is 1. The third-order valence-corrected chi connectivity index (χ3v) is 6.03. The van der Waals surface area contributed by atoms with Gasteiger partial charge in [-0.25, -0.2) is 4.39 Å². The number of carbonyl (C=O) groups is 1. The molecule has 5 nitrogen and oxygen atoms in total. The number of benzene rings is 1. The summed E-state index contributed by atoms with van der Waals surface area (Å²) in [6.07, 6.45) is 1.67. The molecule has 0 spiro atoms. The van der Waals surface area contributed by atoms with Crippen molar-refractivity contribution in [3.8, 4) is 11.3 Å². The maximum atomic E-state index is 14.1. The van der Waals surface area contributed by atoms with Crippen LogP contribution in [0.15, 0.2) is 30.3 Å². The first-order valence-electron chi connectivity index (χ1n) is 8.45. The highest BCUT2D eigenvalue weighted by Gasteiger charge is 2.64. The van der Waals surface area contributed by atoms with Crippen molar-refractivity contribution in [1.29, 1.82) is 0 Å². The number of aromatic nitrogens is 2. The van der Waals surface area contributed by atoms with E-state index >= 15 is 0 Å². The summed E-state index contributed by atoms with van der Waals surface area (Å²) in [6.45, 7) is 3.65. The zero-order chi connectivity index (χ0) is 17.8. The molecule has 1 aromatic heterocycles. The SMILES string of the molecule is CC1(C)[C@H]2CC[C@]1(NC(=O)CO)c1nnc(-c3ccccc3F)cc12. The molecule has 25 heavy (non-hydrogen) atoms. The predicted octanol–water partition coefficient (Wildman–Crippen LogP) is 2.50. The molecule has 2 aliphatic rings. The minimum absolute atomic E-state index is 0.211. The molecule has 2 bridgehead atoms. The van der Waals surface area contributed by atoms with Gasteiger partial charge in [0.1, 0.15) is 12.4 Å². The summed E-state index contributed by atoms with van der Waals surface area (Å²) in [5.74, 6) is -0.536. The standard InChI is InChI=1S/C19H20FN3O2/c1-18(2)13-7-8-19(18,21-16(25)10-24)17-12(13)9-15(22-23-17)11-5-3-4-6-14(11)20/h3-6,9,13,24H,7-8,10H2,1-2H3,(H,21,25)/t13-,19-/m0/s1. The lowest BCUT2D eigenvalue weighted by Crippen LogP contribution is -2.52. The van der Waals surface area contributed by atoms with Gasteiger partial charge in [-0.2, -0.15) is 10.2 Å². The van der Waals surface area contributed by atoms with Gasteiger partial charge in [0, 0.05) is 11.0 Å². The van der Waals surface area contributed by atoms with Crippen LogP contribution in [0.5, 0.6) is 0 Å². The summed E-state index contributed by atoms with van der Waals surface area (Å²) < 4.78 is 14.1. The lowest BCUT2D eigenvalue weighted by atomic mass is 9.75. The molecule has 4 rings (SSSR count). The lowest BCUT2D eigenvalue weighted by molar-refractivity contribution is -0.127. The Bertz CT molecular complexity index is 867. The van der Waals surface area contributed by atoms with E-state index in [1.165, 1.54) is 6.07 Å². The summed E-state index contributed by atoms with van der Waals surface area (Å²) in [5, 5.41) is 20.8. The molecule has 0 aliphatic heterocycles. The Morgan fingerprint density at radius 2 is 2.12 bits per heavy atom. The van der Waals surface area contributed by atoms with Gasteiger partial charge in [0.2, 0.25) is 5.91 Å². The average molecular weight is 341 g/mol. The second kappa shape index (κ2) is 5.33. The Kier molecular flexibility index (Phi) is 3.44. The van der Waals surface area contributed by atoms with Crippen molar-refractivity contribution in [3.05, 3.63) is 47.4 Å². The summed E-state index contributed by atoms with van der Waals surface area (Å²) >= 11 is 0. The van der Waals surface area contributed by atoms with Crippen LogP contribution in [0.4, 0.5) is 4.39 Å². The largest absolute Gasteiger partial charge is 0.387 e. The minimum atomic E-state index is -0.631. The third-order valence-electron chi connectivity index (χ3n) is 6.03. The summed E-state index contributed by atoms with van der Waals surface area (Å²) in [4.78, 5) is 11.9. The topological polar surface area (TPSA) is 75.1 Å². The molecule has 2 aliphatic carbocycles. The Balaban J connectivity index is 1.84. The van der Waals surface area contributed by atoms with Crippen molar-refractivity contribution in [2.45, 2.75) is 38.1 Å². The molecule has 0 unspecified atom stereocenters. The number of rotatable bonds is 3. The molecule has 130 valence electrons. The first kappa shape index (κ1) is 16.1. The van der Waals surface area contributed by atoms with Gasteiger partial charge < -0.3 is 10.4 Å². The van der Waals surface area contributed by atoms with E-state index in [2.05, 4.69) is 29.4 Å². The van der Waals surface area contributed by atoms with Gasteiger partial charge in [0.15, 0.2) is 0 Å². The van der Waals surface area contributed by atoms with E-state index < -0.39 is 18.1 Å². The van der Waals surface area contributed by atoms with Crippen LogP contribution in [0.2, 0.25) is 0 Å². The molecule has 2 atom stereocenters. The monoisotopic (exact) mass is 341 g/mol. The van der Waals surface area contributed by atoms with Gasteiger partial charge in [-0.05, 0) is 42.5 Å². The quantitative estimate of drug-likeness (QED) is 0.899. The highest BCUT2D eigenvalue weighted by atomic mass is 19.1. The van der Waals surface area contributed by atoms with E-state index in [0.29, 0.717) is 11.3 Å². The fourth-order valence-electron chi connectivity index (χ4n) is 4.67. The van der Waals surface area contributed by atoms with Crippen LogP contribution in [0, 0.1) is 11.2 Å². The molecule has 1 aromatic carbocycles. The second-order valence-electron chi connectivity index (χ2n) is 7.44. The maximum absolute atomic E-state index is 14.1. The van der Waals surface area contributed by atoms with Crippen LogP contribution in [0.25, 0.3) is 11.3 Å². The van der Waals surface area contributed by atoms with E-state index in [-0.39, 0.29) is 17.2 Å². The number of halogens is 1. The van der Waals surface area contributed by atoms with Crippen molar-refractivity contribution in [2.24, 2.45) is 5.41 Å². The molecule has 1 heterocycles. The van der Waals surface area contributed by atoms with Gasteiger partial charge in [-0.3, -0.25) is 4.79 Å². The number of fused-ring (bicyclic) bond motifs is 5. The highest BCUT2D eigenvalue weighted by Crippen LogP contribution is 2.66. The van der Waals surface area contributed by atoms with E-state index in [4.69, 9.17) is 0 Å². The Morgan fingerprint density at radius 3 is 2.84 bits per heavy atom. The van der Waals surface area contributed by atoms with E-state index in [9.17, 15) is 14.3 Å². The number of hydrogen-bond donors (Lipinski definition) is 2. The van der Waals surface area contributed by atoms with Crippen molar-refractivity contribution >= 4 is 5.91 Å². The maximum Gasteiger partial charge on any atom is 0.246 e. The van der Waals surface area contributed by atoms with Crippen LogP contribution in [0.3, 0.4) is 0 Å². The first-order chi connectivity index (χ1) is 11.9. The fourth-order valence-corrected chi connectivity index (χ4v) is 4.67. The molecule has 0 saturated heterocycles. The van der Waals surface area contributed by atoms with Crippen molar-refractivity contribution < 1.29 is 14.3 Å². The zero-order valence-corrected chi connectivity index (χ0v) is 14.2. The van der Waals surface area contributed by atoms with Crippen LogP contribution in [-0.4, -0.2) is 27.8 Å². The first-order valence-corrected chi connectivity index (χ1v) is 8.45. The number of nitrogens with one attached hydrogen (secondary N) is 1. The van der Waals surface area contributed by atoms with Gasteiger partial charge in [-0.15, -0.1) is 0 Å². The van der Waals surface area contributed by atoms with Crippen LogP contribution in [0.1, 0.15) is 43.9 Å². The van der Waals surface area contributed by atoms with Crippen LogP contribution < -0.4 is 5.32 Å². The molecule has 1 fully saturated rings. The number of hydrogen-bond acceptors (Lipinski definition) is 4. The Morgan fingerprint density at radius 1 is 1.36 bits per heavy atom. The average Bonchev–Trinajstić information content (AvgIpc) is 2.95. The van der Waals surface area contributed by atoms with E-state index in [1.54, 1.807) is 18.2 Å². The highest BCUT2D eigenvalue weighted by molar-refractivity contribution is 5.79. The molecule has 1 amide bonds. The second-order valence-corrected chi connectivity index (χ2v) is 7.44. The van der Waals surface area contributed by atoms with Crippen LogP contribution in [-0.2, 0) is 10.3 Å². The molecule has 6 heteroatoms. The number of aliphatic hydroxyl groups is 1. The molecule has 1 saturated carbocycles. The van der Waals surface area contributed by atoms with Crippen molar-refractivity contribution in [1.82, 2.24) is 15.5 Å². The summed E-state index contributed by atoms with van der Waals surface area (Å²) in [7, 11) is 0. The normalized spacial score (nSPS) is 25.7.